The summed E-state index contributed by atoms with van der Waals surface area (Å²) in [4.78, 5) is 0. The number of phenolic OH excluding ortho intramolecular Hbond substituents is 2. The van der Waals surface area contributed by atoms with Crippen molar-refractivity contribution in [2.45, 2.75) is 171 Å². The second-order valence-corrected chi connectivity index (χ2v) is 23.6. The third-order valence-corrected chi connectivity index (χ3v) is 12.4. The van der Waals surface area contributed by atoms with Gasteiger partial charge in [0.05, 0.1) is 14.2 Å². The van der Waals surface area contributed by atoms with Crippen LogP contribution in [-0.2, 0) is 34.5 Å². The summed E-state index contributed by atoms with van der Waals surface area (Å²) in [6.45, 7) is 40.6. The van der Waals surface area contributed by atoms with Crippen LogP contribution >= 0.6 is 0 Å². The smallest absolute Gasteiger partial charge is 0.126 e. The lowest BCUT2D eigenvalue weighted by molar-refractivity contribution is 0.328. The van der Waals surface area contributed by atoms with Crippen LogP contribution in [-0.4, -0.2) is 24.4 Å². The molecule has 0 saturated heterocycles. The number of ether oxygens (including phenoxy) is 2. The van der Waals surface area contributed by atoms with E-state index in [1.807, 2.05) is 0 Å². The number of methoxy groups -OCH3 is 2. The average molecular weight is 789 g/mol. The molecule has 316 valence electrons. The zero-order chi connectivity index (χ0) is 43.9. The molecule has 0 heterocycles. The zero-order valence-electron chi connectivity index (χ0n) is 39.9. The Labute approximate surface area is 352 Å². The van der Waals surface area contributed by atoms with Crippen molar-refractivity contribution in [1.29, 1.82) is 0 Å². The van der Waals surface area contributed by atoms with E-state index in [2.05, 4.69) is 173 Å². The van der Waals surface area contributed by atoms with Gasteiger partial charge in [0.15, 0.2) is 0 Å². The molecule has 0 aliphatic heterocycles. The van der Waals surface area contributed by atoms with Gasteiger partial charge in [-0.2, -0.15) is 0 Å². The summed E-state index contributed by atoms with van der Waals surface area (Å²) >= 11 is 0. The molecule has 4 heteroatoms. The molecule has 58 heavy (non-hydrogen) atoms. The second-order valence-electron chi connectivity index (χ2n) is 23.6. The standard InChI is InChI=1S/C54H76O4/c1-49(2,3)35-23-31-21-33-25-37(51(7,8)9)30-42(47(33)57-19)44(54(16,17)18)40-28-36(50(4,5)6)24-32(46(40)56)22-34-26-38(52(10,11)12)29-41(48(34)58-20)43(53(13,14)15)39(27-35)45(31)55/h23-30,43-44,55-56H,21-22H2,1-20H3. The van der Waals surface area contributed by atoms with Crippen LogP contribution in [0.5, 0.6) is 23.0 Å². The van der Waals surface area contributed by atoms with E-state index in [-0.39, 0.29) is 44.3 Å². The maximum absolute atomic E-state index is 12.8. The number of phenols is 2. The Kier molecular flexibility index (Phi) is 11.7. The van der Waals surface area contributed by atoms with Gasteiger partial charge in [0.2, 0.25) is 0 Å². The summed E-state index contributed by atoms with van der Waals surface area (Å²) in [6, 6.07) is 18.1. The first kappa shape index (κ1) is 45.2. The van der Waals surface area contributed by atoms with Crippen molar-refractivity contribution in [3.05, 3.63) is 115 Å². The van der Waals surface area contributed by atoms with Crippen LogP contribution < -0.4 is 9.47 Å². The van der Waals surface area contributed by atoms with E-state index in [4.69, 9.17) is 9.47 Å². The first-order valence-electron chi connectivity index (χ1n) is 21.4. The Morgan fingerprint density at radius 1 is 0.379 bits per heavy atom. The summed E-state index contributed by atoms with van der Waals surface area (Å²) < 4.78 is 13.1. The van der Waals surface area contributed by atoms with Gasteiger partial charge in [-0.05, 0) is 77.0 Å². The third kappa shape index (κ3) is 8.83. The van der Waals surface area contributed by atoms with Crippen molar-refractivity contribution >= 4 is 0 Å². The minimum absolute atomic E-state index is 0.179. The Morgan fingerprint density at radius 3 is 0.845 bits per heavy atom. The Morgan fingerprint density at radius 2 is 0.621 bits per heavy atom. The largest absolute Gasteiger partial charge is 0.507 e. The summed E-state index contributed by atoms with van der Waals surface area (Å²) in [5.74, 6) is 1.79. The molecule has 0 spiro atoms. The van der Waals surface area contributed by atoms with Crippen LogP contribution in [0, 0.1) is 10.8 Å². The van der Waals surface area contributed by atoms with E-state index in [1.54, 1.807) is 14.2 Å². The fraction of sp³-hybridized carbons (Fsp3) is 0.556. The Bertz CT molecular complexity index is 2020. The molecule has 2 N–H and O–H groups in total. The number of fused-ring (bicyclic) bond motifs is 8. The van der Waals surface area contributed by atoms with E-state index < -0.39 is 0 Å². The van der Waals surface area contributed by atoms with Crippen molar-refractivity contribution in [3.8, 4) is 23.0 Å². The lowest BCUT2D eigenvalue weighted by Crippen LogP contribution is -2.25. The molecule has 0 amide bonds. The van der Waals surface area contributed by atoms with Gasteiger partial charge in [-0.25, -0.2) is 0 Å². The average Bonchev–Trinajstić information content (AvgIpc) is 3.04. The van der Waals surface area contributed by atoms with Crippen LogP contribution in [0.25, 0.3) is 0 Å². The fourth-order valence-electron chi connectivity index (χ4n) is 9.11. The summed E-state index contributed by atoms with van der Waals surface area (Å²) in [5, 5.41) is 25.7. The van der Waals surface area contributed by atoms with E-state index in [9.17, 15) is 10.2 Å². The fourth-order valence-corrected chi connectivity index (χ4v) is 9.11. The van der Waals surface area contributed by atoms with Crippen molar-refractivity contribution in [2.24, 2.45) is 10.8 Å². The quantitative estimate of drug-likeness (QED) is 0.212. The van der Waals surface area contributed by atoms with Crippen LogP contribution in [0.1, 0.15) is 203 Å². The number of aromatic hydroxyl groups is 2. The Hall–Kier alpha value is -3.92. The number of hydrogen-bond acceptors (Lipinski definition) is 4. The van der Waals surface area contributed by atoms with Crippen LogP contribution in [0.15, 0.2) is 48.5 Å². The van der Waals surface area contributed by atoms with Gasteiger partial charge in [-0.3, -0.25) is 0 Å². The molecule has 2 unspecified atom stereocenters. The summed E-state index contributed by atoms with van der Waals surface area (Å²) in [6.07, 6.45) is 0.945. The summed E-state index contributed by atoms with van der Waals surface area (Å²) in [7, 11) is 3.54. The molecular formula is C54H76O4. The minimum Gasteiger partial charge on any atom is -0.507 e. The van der Waals surface area contributed by atoms with Crippen LogP contribution in [0.2, 0.25) is 0 Å². The third-order valence-electron chi connectivity index (χ3n) is 12.4. The molecule has 4 nitrogen and oxygen atoms in total. The van der Waals surface area contributed by atoms with Crippen molar-refractivity contribution in [1.82, 2.24) is 0 Å². The molecule has 0 saturated carbocycles. The van der Waals surface area contributed by atoms with E-state index in [0.29, 0.717) is 24.3 Å². The highest BCUT2D eigenvalue weighted by Gasteiger charge is 2.39. The topological polar surface area (TPSA) is 58.9 Å². The highest BCUT2D eigenvalue weighted by molar-refractivity contribution is 5.62. The van der Waals surface area contributed by atoms with E-state index in [0.717, 1.165) is 56.0 Å². The first-order chi connectivity index (χ1) is 26.3. The van der Waals surface area contributed by atoms with Crippen molar-refractivity contribution in [3.63, 3.8) is 0 Å². The lowest BCUT2D eigenvalue weighted by Gasteiger charge is -2.37. The summed E-state index contributed by atoms with van der Waals surface area (Å²) in [5.41, 5.74) is 11.0. The maximum Gasteiger partial charge on any atom is 0.126 e. The van der Waals surface area contributed by atoms with Gasteiger partial charge in [0.25, 0.3) is 0 Å². The molecule has 4 aromatic rings. The van der Waals surface area contributed by atoms with Gasteiger partial charge in [0, 0.05) is 46.9 Å². The van der Waals surface area contributed by atoms with E-state index >= 15 is 0 Å². The monoisotopic (exact) mass is 789 g/mol. The molecule has 2 atom stereocenters. The predicted octanol–water partition coefficient (Wildman–Crippen LogP) is 14.2. The van der Waals surface area contributed by atoms with Gasteiger partial charge < -0.3 is 19.7 Å². The normalized spacial score (nSPS) is 17.0. The highest BCUT2D eigenvalue weighted by atomic mass is 16.5. The molecule has 4 aromatic carbocycles. The molecular weight excluding hydrogens is 713 g/mol. The van der Waals surface area contributed by atoms with Crippen LogP contribution in [0.4, 0.5) is 0 Å². The highest BCUT2D eigenvalue weighted by Crippen LogP contribution is 2.54. The van der Waals surface area contributed by atoms with Crippen molar-refractivity contribution < 1.29 is 19.7 Å². The Balaban J connectivity index is 2.13. The molecule has 0 radical (unpaired) electrons. The maximum atomic E-state index is 12.8. The molecule has 0 fully saturated rings. The van der Waals surface area contributed by atoms with Crippen molar-refractivity contribution in [2.75, 3.05) is 14.2 Å². The second kappa shape index (κ2) is 15.0. The number of hydrogen-bond donors (Lipinski definition) is 2. The van der Waals surface area contributed by atoms with Gasteiger partial charge in [0.1, 0.15) is 23.0 Å². The molecule has 8 bridgehead atoms. The predicted molar refractivity (Wildman–Crippen MR) is 245 cm³/mol. The van der Waals surface area contributed by atoms with Gasteiger partial charge in [-0.15, -0.1) is 0 Å². The number of benzene rings is 4. The van der Waals surface area contributed by atoms with Gasteiger partial charge >= 0.3 is 0 Å². The van der Waals surface area contributed by atoms with Gasteiger partial charge in [-0.1, -0.05) is 173 Å². The zero-order valence-corrected chi connectivity index (χ0v) is 39.9. The minimum atomic E-state index is -0.323. The first-order valence-corrected chi connectivity index (χ1v) is 21.4. The SMILES string of the molecule is COc1c2cc(C(C)(C)C)cc1C(C(C)(C)C)c1cc(C(C)(C)C)cc(c1O)Cc1cc(C(C)(C)C)cc(c1OC)C(C(C)(C)C)c1cc(C(C)(C)C)cc(c1O)C2. The molecule has 1 aliphatic carbocycles. The molecule has 1 aliphatic rings. The van der Waals surface area contributed by atoms with E-state index in [1.165, 1.54) is 22.3 Å². The lowest BCUT2D eigenvalue weighted by atomic mass is 9.67. The van der Waals surface area contributed by atoms with Crippen LogP contribution in [0.3, 0.4) is 0 Å². The molecule has 5 rings (SSSR count). The number of rotatable bonds is 2. The molecule has 0 aromatic heterocycles.